The maximum atomic E-state index is 8.91. The van der Waals surface area contributed by atoms with Crippen molar-refractivity contribution >= 4 is 11.6 Å². The van der Waals surface area contributed by atoms with Crippen LogP contribution >= 0.6 is 11.6 Å². The van der Waals surface area contributed by atoms with Crippen molar-refractivity contribution in [2.75, 3.05) is 26.2 Å². The van der Waals surface area contributed by atoms with E-state index < -0.39 is 0 Å². The highest BCUT2D eigenvalue weighted by molar-refractivity contribution is 6.31. The Balaban J connectivity index is 1.99. The third-order valence-corrected chi connectivity index (χ3v) is 4.38. The lowest BCUT2D eigenvalue weighted by Gasteiger charge is -2.30. The highest BCUT2D eigenvalue weighted by Gasteiger charge is 2.17. The zero-order valence-electron chi connectivity index (χ0n) is 12.7. The topological polar surface area (TPSA) is 39.1 Å². The SMILES string of the molecule is CCCN(Cc1ccc(C#N)cc1Cl)CC1CCCNC1. The molecule has 1 aliphatic rings. The second-order valence-corrected chi connectivity index (χ2v) is 6.27. The summed E-state index contributed by atoms with van der Waals surface area (Å²) in [5.41, 5.74) is 1.75. The van der Waals surface area contributed by atoms with E-state index in [0.29, 0.717) is 10.6 Å². The lowest BCUT2D eigenvalue weighted by molar-refractivity contribution is 0.201. The number of hydrogen-bond donors (Lipinski definition) is 1. The smallest absolute Gasteiger partial charge is 0.0992 e. The first kappa shape index (κ1) is 16.3. The van der Waals surface area contributed by atoms with Crippen molar-refractivity contribution in [3.8, 4) is 6.07 Å². The van der Waals surface area contributed by atoms with Crippen LogP contribution in [0.1, 0.15) is 37.3 Å². The number of hydrogen-bond acceptors (Lipinski definition) is 3. The molecule has 0 aromatic heterocycles. The molecule has 114 valence electrons. The second-order valence-electron chi connectivity index (χ2n) is 5.87. The molecule has 0 spiro atoms. The van der Waals surface area contributed by atoms with Crippen LogP contribution in [0.4, 0.5) is 0 Å². The Kier molecular flexibility index (Phi) is 6.50. The predicted octanol–water partition coefficient (Wildman–Crippen LogP) is 3.42. The van der Waals surface area contributed by atoms with E-state index in [2.05, 4.69) is 23.2 Å². The largest absolute Gasteiger partial charge is 0.316 e. The van der Waals surface area contributed by atoms with Gasteiger partial charge in [-0.3, -0.25) is 4.90 Å². The third kappa shape index (κ3) is 5.00. The van der Waals surface area contributed by atoms with Crippen molar-refractivity contribution in [1.29, 1.82) is 5.26 Å². The normalized spacial score (nSPS) is 18.7. The van der Waals surface area contributed by atoms with Crippen molar-refractivity contribution in [3.05, 3.63) is 34.3 Å². The fourth-order valence-corrected chi connectivity index (χ4v) is 3.22. The first-order chi connectivity index (χ1) is 10.2. The molecular weight excluding hydrogens is 282 g/mol. The number of nitriles is 1. The molecule has 0 bridgehead atoms. The first-order valence-electron chi connectivity index (χ1n) is 7.84. The highest BCUT2D eigenvalue weighted by Crippen LogP contribution is 2.21. The van der Waals surface area contributed by atoms with Crippen molar-refractivity contribution in [2.45, 2.75) is 32.7 Å². The van der Waals surface area contributed by atoms with E-state index in [1.54, 1.807) is 6.07 Å². The van der Waals surface area contributed by atoms with Gasteiger partial charge in [-0.25, -0.2) is 0 Å². The van der Waals surface area contributed by atoms with E-state index in [1.165, 1.54) is 12.8 Å². The average molecular weight is 306 g/mol. The van der Waals surface area contributed by atoms with Crippen LogP contribution in [0.15, 0.2) is 18.2 Å². The van der Waals surface area contributed by atoms with Gasteiger partial charge in [-0.1, -0.05) is 24.6 Å². The van der Waals surface area contributed by atoms with Gasteiger partial charge in [-0.05, 0) is 62.5 Å². The summed E-state index contributed by atoms with van der Waals surface area (Å²) in [7, 11) is 0. The third-order valence-electron chi connectivity index (χ3n) is 4.03. The monoisotopic (exact) mass is 305 g/mol. The number of nitrogens with zero attached hydrogens (tertiary/aromatic N) is 2. The van der Waals surface area contributed by atoms with Gasteiger partial charge in [0.2, 0.25) is 0 Å². The molecule has 4 heteroatoms. The summed E-state index contributed by atoms with van der Waals surface area (Å²) in [6.45, 7) is 7.58. The number of piperidine rings is 1. The summed E-state index contributed by atoms with van der Waals surface area (Å²) in [5.74, 6) is 0.738. The molecule has 21 heavy (non-hydrogen) atoms. The molecule has 1 aliphatic heterocycles. The molecule has 1 N–H and O–H groups in total. The molecule has 0 saturated carbocycles. The molecule has 1 saturated heterocycles. The van der Waals surface area contributed by atoms with Gasteiger partial charge in [0.15, 0.2) is 0 Å². The molecule has 2 rings (SSSR count). The minimum atomic E-state index is 0.627. The zero-order valence-corrected chi connectivity index (χ0v) is 13.5. The Bertz CT molecular complexity index is 489. The van der Waals surface area contributed by atoms with Crippen LogP contribution in [-0.2, 0) is 6.54 Å². The molecule has 1 unspecified atom stereocenters. The standard InChI is InChI=1S/C17H24ClN3/c1-2-8-21(12-15-4-3-7-20-11-15)13-16-6-5-14(10-19)9-17(16)18/h5-6,9,15,20H,2-4,7-8,11-13H2,1H3. The quantitative estimate of drug-likeness (QED) is 0.875. The molecule has 1 aromatic carbocycles. The minimum Gasteiger partial charge on any atom is -0.316 e. The maximum Gasteiger partial charge on any atom is 0.0992 e. The fourth-order valence-electron chi connectivity index (χ4n) is 2.98. The van der Waals surface area contributed by atoms with Gasteiger partial charge in [0, 0.05) is 18.1 Å². The molecular formula is C17H24ClN3. The van der Waals surface area contributed by atoms with Crippen LogP contribution < -0.4 is 5.32 Å². The van der Waals surface area contributed by atoms with Gasteiger partial charge in [-0.15, -0.1) is 0 Å². The van der Waals surface area contributed by atoms with Crippen molar-refractivity contribution < 1.29 is 0 Å². The summed E-state index contributed by atoms with van der Waals surface area (Å²) in [6.07, 6.45) is 3.74. The van der Waals surface area contributed by atoms with Gasteiger partial charge in [-0.2, -0.15) is 5.26 Å². The van der Waals surface area contributed by atoms with E-state index in [1.807, 2.05) is 12.1 Å². The summed E-state index contributed by atoms with van der Waals surface area (Å²) < 4.78 is 0. The van der Waals surface area contributed by atoms with Crippen LogP contribution in [0, 0.1) is 17.2 Å². The molecule has 1 atom stereocenters. The Morgan fingerprint density at radius 3 is 2.95 bits per heavy atom. The second kappa shape index (κ2) is 8.38. The van der Waals surface area contributed by atoms with Gasteiger partial charge in [0.25, 0.3) is 0 Å². The van der Waals surface area contributed by atoms with Gasteiger partial charge >= 0.3 is 0 Å². The molecule has 0 aliphatic carbocycles. The fraction of sp³-hybridized carbons (Fsp3) is 0.588. The van der Waals surface area contributed by atoms with Crippen LogP contribution in [0.5, 0.6) is 0 Å². The number of halogens is 1. The summed E-state index contributed by atoms with van der Waals surface area (Å²) in [6, 6.07) is 7.74. The molecule has 1 fully saturated rings. The van der Waals surface area contributed by atoms with Crippen LogP contribution in [-0.4, -0.2) is 31.1 Å². The van der Waals surface area contributed by atoms with Gasteiger partial charge < -0.3 is 5.32 Å². The summed E-state index contributed by atoms with van der Waals surface area (Å²) in [4.78, 5) is 2.49. The van der Waals surface area contributed by atoms with E-state index >= 15 is 0 Å². The highest BCUT2D eigenvalue weighted by atomic mass is 35.5. The maximum absolute atomic E-state index is 8.91. The van der Waals surface area contributed by atoms with Crippen molar-refractivity contribution in [2.24, 2.45) is 5.92 Å². The van der Waals surface area contributed by atoms with E-state index in [4.69, 9.17) is 16.9 Å². The van der Waals surface area contributed by atoms with Crippen molar-refractivity contribution in [3.63, 3.8) is 0 Å². The average Bonchev–Trinajstić information content (AvgIpc) is 2.50. The van der Waals surface area contributed by atoms with Crippen molar-refractivity contribution in [1.82, 2.24) is 10.2 Å². The number of nitrogens with one attached hydrogen (secondary N) is 1. The van der Waals surface area contributed by atoms with Gasteiger partial charge in [0.05, 0.1) is 11.6 Å². The van der Waals surface area contributed by atoms with E-state index in [9.17, 15) is 0 Å². The molecule has 1 heterocycles. The Labute approximate surface area is 132 Å². The minimum absolute atomic E-state index is 0.627. The first-order valence-corrected chi connectivity index (χ1v) is 8.22. The molecule has 1 aromatic rings. The van der Waals surface area contributed by atoms with E-state index in [0.717, 1.165) is 50.6 Å². The van der Waals surface area contributed by atoms with Gasteiger partial charge in [0.1, 0.15) is 0 Å². The zero-order chi connectivity index (χ0) is 15.1. The Morgan fingerprint density at radius 2 is 2.33 bits per heavy atom. The Morgan fingerprint density at radius 1 is 1.48 bits per heavy atom. The molecule has 0 radical (unpaired) electrons. The van der Waals surface area contributed by atoms with Crippen LogP contribution in [0.2, 0.25) is 5.02 Å². The number of rotatable bonds is 6. The van der Waals surface area contributed by atoms with Crippen LogP contribution in [0.3, 0.4) is 0 Å². The van der Waals surface area contributed by atoms with Crippen LogP contribution in [0.25, 0.3) is 0 Å². The van der Waals surface area contributed by atoms with E-state index in [-0.39, 0.29) is 0 Å². The summed E-state index contributed by atoms with van der Waals surface area (Å²) in [5, 5.41) is 13.1. The molecule has 0 amide bonds. The lowest BCUT2D eigenvalue weighted by Crippen LogP contribution is -2.38. The predicted molar refractivity (Wildman–Crippen MR) is 87.3 cm³/mol. The Hall–Kier alpha value is -1.08. The molecule has 3 nitrogen and oxygen atoms in total. The lowest BCUT2D eigenvalue weighted by atomic mass is 9.98. The summed E-state index contributed by atoms with van der Waals surface area (Å²) >= 11 is 6.31. The number of benzene rings is 1.